The molecule has 0 radical (unpaired) electrons. The molecule has 190 valence electrons. The third kappa shape index (κ3) is 3.99. The van der Waals surface area contributed by atoms with Crippen molar-refractivity contribution in [3.63, 3.8) is 0 Å². The minimum atomic E-state index is -1.10. The smallest absolute Gasteiger partial charge is 0.221 e. The number of carbonyl (C=O) groups excluding carboxylic acids is 1. The first kappa shape index (κ1) is 22.8. The van der Waals surface area contributed by atoms with Crippen LogP contribution in [0.2, 0.25) is 0 Å². The first-order valence-electron chi connectivity index (χ1n) is 13.1. The molecule has 1 aliphatic heterocycles. The van der Waals surface area contributed by atoms with Crippen molar-refractivity contribution < 1.29 is 23.8 Å². The molecule has 2 saturated carbocycles. The van der Waals surface area contributed by atoms with Crippen LogP contribution in [-0.4, -0.2) is 51.0 Å². The molecular weight excluding hydrogens is 473 g/mol. The lowest BCUT2D eigenvalue weighted by atomic mass is 9.77. The number of pyridine rings is 1. The number of Topliss-reactive ketones (excluding diaryl/α,β-unsaturated/α-hetero) is 1. The Balaban J connectivity index is 1.34. The van der Waals surface area contributed by atoms with Crippen LogP contribution in [0.15, 0.2) is 42.6 Å². The van der Waals surface area contributed by atoms with Gasteiger partial charge in [-0.1, -0.05) is 12.1 Å². The molecule has 0 unspecified atom stereocenters. The standard InChI is InChI=1S/C29H28FN3O4/c30-20-3-1-16(2-4-20)25-22-13-19-15-31-33-24(19)14-23(22)28(32-26(25)17-5-9-36-10-6-17)37-21-11-18(12-21)27(34)29(35)7-8-29/h1-4,13-15,17-18,21,35H,5-12H2,(H,31,33). The topological polar surface area (TPSA) is 97.3 Å². The number of fused-ring (bicyclic) bond motifs is 2. The Labute approximate surface area is 213 Å². The highest BCUT2D eigenvalue weighted by molar-refractivity contribution is 6.06. The number of carbonyl (C=O) groups is 1. The number of aliphatic hydroxyl groups is 1. The van der Waals surface area contributed by atoms with Crippen molar-refractivity contribution in [2.24, 2.45) is 5.92 Å². The van der Waals surface area contributed by atoms with E-state index in [9.17, 15) is 14.3 Å². The van der Waals surface area contributed by atoms with Crippen molar-refractivity contribution in [1.82, 2.24) is 15.2 Å². The van der Waals surface area contributed by atoms with Crippen LogP contribution in [-0.2, 0) is 9.53 Å². The van der Waals surface area contributed by atoms with Crippen LogP contribution in [0.4, 0.5) is 4.39 Å². The molecule has 4 aromatic rings. The molecular formula is C29H28FN3O4. The fraction of sp³-hybridized carbons (Fsp3) is 0.414. The van der Waals surface area contributed by atoms with Gasteiger partial charge in [0, 0.05) is 41.4 Å². The van der Waals surface area contributed by atoms with E-state index in [0.29, 0.717) is 44.8 Å². The van der Waals surface area contributed by atoms with Gasteiger partial charge in [0.05, 0.1) is 17.4 Å². The fourth-order valence-electron chi connectivity index (χ4n) is 5.79. The van der Waals surface area contributed by atoms with Gasteiger partial charge in [-0.2, -0.15) is 5.10 Å². The zero-order valence-corrected chi connectivity index (χ0v) is 20.4. The molecule has 0 atom stereocenters. The molecule has 37 heavy (non-hydrogen) atoms. The Morgan fingerprint density at radius 1 is 1.11 bits per heavy atom. The number of ketones is 1. The average molecular weight is 502 g/mol. The SMILES string of the molecule is O=C(C1CC(Oc2nc(C3CCOCC3)c(-c3ccc(F)cc3)c3cc4cn[nH]c4cc23)C1)C1(O)CC1. The van der Waals surface area contributed by atoms with Crippen molar-refractivity contribution in [2.45, 2.75) is 56.1 Å². The number of rotatable bonds is 6. The second-order valence-corrected chi connectivity index (χ2v) is 10.7. The lowest BCUT2D eigenvalue weighted by Gasteiger charge is -2.35. The summed E-state index contributed by atoms with van der Waals surface area (Å²) in [6.07, 6.45) is 5.66. The van der Waals surface area contributed by atoms with Gasteiger partial charge in [-0.15, -0.1) is 0 Å². The van der Waals surface area contributed by atoms with Crippen molar-refractivity contribution >= 4 is 27.5 Å². The van der Waals surface area contributed by atoms with Crippen LogP contribution in [0, 0.1) is 11.7 Å². The number of halogens is 1. The van der Waals surface area contributed by atoms with Crippen molar-refractivity contribution in [3.05, 3.63) is 54.1 Å². The van der Waals surface area contributed by atoms with Crippen LogP contribution in [0.3, 0.4) is 0 Å². The van der Waals surface area contributed by atoms with Crippen molar-refractivity contribution in [2.75, 3.05) is 13.2 Å². The van der Waals surface area contributed by atoms with Crippen LogP contribution in [0.25, 0.3) is 32.8 Å². The molecule has 2 aliphatic carbocycles. The van der Waals surface area contributed by atoms with Gasteiger partial charge in [-0.3, -0.25) is 9.89 Å². The van der Waals surface area contributed by atoms with E-state index in [1.807, 2.05) is 6.07 Å². The van der Waals surface area contributed by atoms with E-state index in [2.05, 4.69) is 16.3 Å². The molecule has 2 aromatic heterocycles. The summed E-state index contributed by atoms with van der Waals surface area (Å²) < 4.78 is 26.0. The molecule has 3 aliphatic rings. The Hall–Kier alpha value is -3.36. The van der Waals surface area contributed by atoms with E-state index in [4.69, 9.17) is 14.5 Å². The zero-order valence-electron chi connectivity index (χ0n) is 20.4. The quantitative estimate of drug-likeness (QED) is 0.383. The minimum Gasteiger partial charge on any atom is -0.474 e. The van der Waals surface area contributed by atoms with Gasteiger partial charge in [-0.25, -0.2) is 9.37 Å². The maximum Gasteiger partial charge on any atom is 0.221 e. The molecule has 3 fully saturated rings. The van der Waals surface area contributed by atoms with Crippen molar-refractivity contribution in [3.8, 4) is 17.0 Å². The van der Waals surface area contributed by atoms with Crippen LogP contribution < -0.4 is 4.74 Å². The van der Waals surface area contributed by atoms with Gasteiger partial charge in [0.25, 0.3) is 0 Å². The molecule has 0 bridgehead atoms. The summed E-state index contributed by atoms with van der Waals surface area (Å²) in [4.78, 5) is 17.7. The molecule has 3 heterocycles. The molecule has 2 aromatic carbocycles. The summed E-state index contributed by atoms with van der Waals surface area (Å²) in [5.74, 6) is 0.242. The van der Waals surface area contributed by atoms with Crippen molar-refractivity contribution in [1.29, 1.82) is 0 Å². The van der Waals surface area contributed by atoms with Gasteiger partial charge < -0.3 is 14.6 Å². The molecule has 1 saturated heterocycles. The van der Waals surface area contributed by atoms with E-state index in [1.54, 1.807) is 18.3 Å². The number of benzene rings is 2. The maximum atomic E-state index is 13.9. The second kappa shape index (κ2) is 8.60. The third-order valence-corrected chi connectivity index (χ3v) is 8.22. The monoisotopic (exact) mass is 501 g/mol. The Bertz CT molecular complexity index is 1500. The zero-order chi connectivity index (χ0) is 25.1. The molecule has 8 heteroatoms. The van der Waals surface area contributed by atoms with Crippen LogP contribution in [0.1, 0.15) is 50.1 Å². The highest BCUT2D eigenvalue weighted by atomic mass is 19.1. The molecule has 7 rings (SSSR count). The summed E-state index contributed by atoms with van der Waals surface area (Å²) in [7, 11) is 0. The summed E-state index contributed by atoms with van der Waals surface area (Å²) >= 11 is 0. The summed E-state index contributed by atoms with van der Waals surface area (Å²) in [5.41, 5.74) is 2.59. The summed E-state index contributed by atoms with van der Waals surface area (Å²) in [6.45, 7) is 1.33. The Kier molecular flexibility index (Phi) is 5.30. The number of hydrogen-bond acceptors (Lipinski definition) is 6. The van der Waals surface area contributed by atoms with E-state index >= 15 is 0 Å². The van der Waals surface area contributed by atoms with E-state index in [-0.39, 0.29) is 29.5 Å². The fourth-order valence-corrected chi connectivity index (χ4v) is 5.79. The molecule has 2 N–H and O–H groups in total. The lowest BCUT2D eigenvalue weighted by molar-refractivity contribution is -0.139. The van der Waals surface area contributed by atoms with Gasteiger partial charge >= 0.3 is 0 Å². The molecule has 0 amide bonds. The number of H-pyrrole nitrogens is 1. The van der Waals surface area contributed by atoms with E-state index < -0.39 is 5.60 Å². The summed E-state index contributed by atoms with van der Waals surface area (Å²) in [5, 5.41) is 20.3. The largest absolute Gasteiger partial charge is 0.474 e. The van der Waals surface area contributed by atoms with Gasteiger partial charge in [0.2, 0.25) is 5.88 Å². The van der Waals surface area contributed by atoms with E-state index in [1.165, 1.54) is 12.1 Å². The first-order chi connectivity index (χ1) is 18.0. The highest BCUT2D eigenvalue weighted by Gasteiger charge is 2.53. The van der Waals surface area contributed by atoms with Gasteiger partial charge in [0.15, 0.2) is 5.78 Å². The number of nitrogens with one attached hydrogen (secondary N) is 1. The maximum absolute atomic E-state index is 13.9. The second-order valence-electron chi connectivity index (χ2n) is 10.7. The van der Waals surface area contributed by atoms with Crippen LogP contribution in [0.5, 0.6) is 5.88 Å². The number of aromatic amines is 1. The lowest BCUT2D eigenvalue weighted by Crippen LogP contribution is -2.43. The minimum absolute atomic E-state index is 0.0427. The predicted molar refractivity (Wildman–Crippen MR) is 136 cm³/mol. The van der Waals surface area contributed by atoms with Gasteiger partial charge in [-0.05, 0) is 73.7 Å². The van der Waals surface area contributed by atoms with Crippen LogP contribution >= 0.6 is 0 Å². The molecule has 0 spiro atoms. The Morgan fingerprint density at radius 3 is 2.59 bits per heavy atom. The number of hydrogen-bond donors (Lipinski definition) is 2. The number of ether oxygens (including phenoxy) is 2. The predicted octanol–water partition coefficient (Wildman–Crippen LogP) is 5.06. The first-order valence-corrected chi connectivity index (χ1v) is 13.1. The molecule has 7 nitrogen and oxygen atoms in total. The average Bonchev–Trinajstić information content (AvgIpc) is 3.48. The van der Waals surface area contributed by atoms with Gasteiger partial charge in [0.1, 0.15) is 17.5 Å². The third-order valence-electron chi connectivity index (χ3n) is 8.22. The normalized spacial score (nSPS) is 23.2. The number of aromatic nitrogens is 3. The summed E-state index contributed by atoms with van der Waals surface area (Å²) in [6, 6.07) is 10.7. The Morgan fingerprint density at radius 2 is 1.86 bits per heavy atom. The number of nitrogens with zero attached hydrogens (tertiary/aromatic N) is 2. The highest BCUT2D eigenvalue weighted by Crippen LogP contribution is 2.46. The van der Waals surface area contributed by atoms with E-state index in [0.717, 1.165) is 51.3 Å².